The number of nitrogens with one attached hydrogen (secondary N) is 1. The molecular weight excluding hydrogens is 428 g/mol. The van der Waals surface area contributed by atoms with E-state index in [4.69, 9.17) is 11.6 Å². The van der Waals surface area contributed by atoms with E-state index in [1.807, 2.05) is 24.3 Å². The number of phenolic OH excluding ortho intramolecular Hbond substituents is 1. The van der Waals surface area contributed by atoms with Crippen molar-refractivity contribution in [3.05, 3.63) is 101 Å². The van der Waals surface area contributed by atoms with Crippen molar-refractivity contribution < 1.29 is 19.8 Å². The fourth-order valence-corrected chi connectivity index (χ4v) is 4.33. The lowest BCUT2D eigenvalue weighted by molar-refractivity contribution is -0.132. The number of H-pyrrole nitrogens is 1. The molecule has 6 nitrogen and oxygen atoms in total. The summed E-state index contributed by atoms with van der Waals surface area (Å²) in [4.78, 5) is 30.7. The Kier molecular flexibility index (Phi) is 4.72. The van der Waals surface area contributed by atoms with E-state index >= 15 is 0 Å². The molecule has 3 N–H and O–H groups in total. The lowest BCUT2D eigenvalue weighted by atomic mass is 9.95. The Balaban J connectivity index is 1.77. The number of rotatable bonds is 3. The Hall–Kier alpha value is -4.03. The van der Waals surface area contributed by atoms with Crippen LogP contribution in [0, 0.1) is 0 Å². The van der Waals surface area contributed by atoms with Gasteiger partial charge in [-0.25, -0.2) is 0 Å². The van der Waals surface area contributed by atoms with Crippen molar-refractivity contribution in [1.29, 1.82) is 0 Å². The molecule has 0 radical (unpaired) electrons. The second-order valence-electron chi connectivity index (χ2n) is 7.49. The molecule has 3 aromatic carbocycles. The number of aromatic amines is 1. The molecule has 5 rings (SSSR count). The van der Waals surface area contributed by atoms with Crippen LogP contribution in [0.15, 0.2) is 84.6 Å². The van der Waals surface area contributed by atoms with Crippen LogP contribution in [0.4, 0.5) is 5.69 Å². The molecule has 0 aliphatic carbocycles. The zero-order valence-electron chi connectivity index (χ0n) is 16.6. The number of Topliss-reactive ketones (excluding diaryl/α,β-unsaturated/α-hetero) is 1. The van der Waals surface area contributed by atoms with Gasteiger partial charge in [0.2, 0.25) is 0 Å². The highest BCUT2D eigenvalue weighted by molar-refractivity contribution is 6.52. The molecule has 32 heavy (non-hydrogen) atoms. The van der Waals surface area contributed by atoms with Gasteiger partial charge >= 0.3 is 0 Å². The molecule has 2 heterocycles. The smallest absolute Gasteiger partial charge is 0.300 e. The van der Waals surface area contributed by atoms with Gasteiger partial charge in [-0.15, -0.1) is 0 Å². The predicted molar refractivity (Wildman–Crippen MR) is 123 cm³/mol. The van der Waals surface area contributed by atoms with Gasteiger partial charge in [0.15, 0.2) is 0 Å². The van der Waals surface area contributed by atoms with Gasteiger partial charge in [0.25, 0.3) is 11.7 Å². The summed E-state index contributed by atoms with van der Waals surface area (Å²) in [5, 5.41) is 22.5. The predicted octanol–water partition coefficient (Wildman–Crippen LogP) is 5.15. The molecule has 1 aromatic heterocycles. The molecule has 1 aliphatic heterocycles. The van der Waals surface area contributed by atoms with Gasteiger partial charge in [-0.2, -0.15) is 0 Å². The third-order valence-corrected chi connectivity index (χ3v) is 5.80. The van der Waals surface area contributed by atoms with E-state index in [1.165, 1.54) is 17.0 Å². The standard InChI is InChI=1S/C25H17ClN2O4/c26-15-6-4-7-16(12-15)28-22(14-5-3-8-17(29)11-14)21(24(31)25(28)32)23(30)19-13-27-20-10-2-1-9-18(19)20/h1-13,22,27,29-30H/b23-21-. The van der Waals surface area contributed by atoms with Crippen LogP contribution in [0.25, 0.3) is 16.7 Å². The third-order valence-electron chi connectivity index (χ3n) is 5.56. The summed E-state index contributed by atoms with van der Waals surface area (Å²) < 4.78 is 0. The molecule has 4 aromatic rings. The number of amides is 1. The maximum absolute atomic E-state index is 13.2. The highest BCUT2D eigenvalue weighted by Crippen LogP contribution is 2.43. The van der Waals surface area contributed by atoms with Crippen molar-refractivity contribution in [1.82, 2.24) is 4.98 Å². The maximum atomic E-state index is 13.2. The average Bonchev–Trinajstić information content (AvgIpc) is 3.33. The number of halogens is 1. The highest BCUT2D eigenvalue weighted by Gasteiger charge is 2.47. The Morgan fingerprint density at radius 1 is 0.969 bits per heavy atom. The van der Waals surface area contributed by atoms with Gasteiger partial charge in [0, 0.05) is 33.4 Å². The number of hydrogen-bond acceptors (Lipinski definition) is 4. The van der Waals surface area contributed by atoms with Crippen molar-refractivity contribution in [2.45, 2.75) is 6.04 Å². The van der Waals surface area contributed by atoms with Crippen molar-refractivity contribution in [2.75, 3.05) is 4.90 Å². The number of phenols is 1. The van der Waals surface area contributed by atoms with Crippen LogP contribution in [0.2, 0.25) is 5.02 Å². The average molecular weight is 445 g/mol. The highest BCUT2D eigenvalue weighted by atomic mass is 35.5. The summed E-state index contributed by atoms with van der Waals surface area (Å²) in [6.45, 7) is 0. The molecule has 1 atom stereocenters. The fraction of sp³-hybridized carbons (Fsp3) is 0.0400. The normalized spacial score (nSPS) is 17.9. The number of aromatic hydroxyl groups is 1. The van der Waals surface area contributed by atoms with Crippen LogP contribution in [0.1, 0.15) is 17.2 Å². The topological polar surface area (TPSA) is 93.6 Å². The van der Waals surface area contributed by atoms with Crippen LogP contribution in [-0.2, 0) is 9.59 Å². The van der Waals surface area contributed by atoms with E-state index < -0.39 is 17.7 Å². The molecule has 1 unspecified atom stereocenters. The van der Waals surface area contributed by atoms with Crippen molar-refractivity contribution in [3.63, 3.8) is 0 Å². The molecule has 0 spiro atoms. The molecule has 1 saturated heterocycles. The summed E-state index contributed by atoms with van der Waals surface area (Å²) >= 11 is 6.14. The summed E-state index contributed by atoms with van der Waals surface area (Å²) in [6, 6.07) is 19.3. The minimum Gasteiger partial charge on any atom is -0.508 e. The zero-order valence-corrected chi connectivity index (χ0v) is 17.4. The van der Waals surface area contributed by atoms with Gasteiger partial charge in [-0.3, -0.25) is 14.5 Å². The number of carbonyl (C=O) groups is 2. The van der Waals surface area contributed by atoms with Gasteiger partial charge in [0.05, 0.1) is 11.6 Å². The number of carbonyl (C=O) groups excluding carboxylic acids is 2. The first-order valence-electron chi connectivity index (χ1n) is 9.87. The van der Waals surface area contributed by atoms with Crippen molar-refractivity contribution >= 4 is 45.6 Å². The molecule has 0 bridgehead atoms. The molecule has 0 saturated carbocycles. The first-order valence-corrected chi connectivity index (χ1v) is 10.3. The van der Waals surface area contributed by atoms with Crippen LogP contribution in [-0.4, -0.2) is 26.9 Å². The minimum atomic E-state index is -0.950. The quantitative estimate of drug-likeness (QED) is 0.231. The van der Waals surface area contributed by atoms with E-state index in [0.29, 0.717) is 27.2 Å². The minimum absolute atomic E-state index is 0.0220. The molecule has 7 heteroatoms. The third kappa shape index (κ3) is 3.13. The number of ketones is 1. The summed E-state index contributed by atoms with van der Waals surface area (Å²) in [5.74, 6) is -1.92. The number of para-hydroxylation sites is 1. The van der Waals surface area contributed by atoms with Crippen LogP contribution < -0.4 is 4.90 Å². The molecule has 1 aliphatic rings. The summed E-state index contributed by atoms with van der Waals surface area (Å²) in [5.41, 5.74) is 2.02. The number of aliphatic hydroxyl groups excluding tert-OH is 1. The zero-order chi connectivity index (χ0) is 22.4. The molecule has 1 amide bonds. The number of anilines is 1. The van der Waals surface area contributed by atoms with E-state index in [9.17, 15) is 19.8 Å². The Labute approximate surface area is 188 Å². The van der Waals surface area contributed by atoms with Crippen molar-refractivity contribution in [2.24, 2.45) is 0 Å². The van der Waals surface area contributed by atoms with Crippen LogP contribution in [0.5, 0.6) is 5.75 Å². The number of aliphatic hydroxyl groups is 1. The summed E-state index contributed by atoms with van der Waals surface area (Å²) in [6.07, 6.45) is 1.60. The number of benzene rings is 3. The molecule has 158 valence electrons. The van der Waals surface area contributed by atoms with Gasteiger partial charge < -0.3 is 15.2 Å². The molecule has 1 fully saturated rings. The Morgan fingerprint density at radius 2 is 1.75 bits per heavy atom. The van der Waals surface area contributed by atoms with Gasteiger partial charge in [-0.1, -0.05) is 48.0 Å². The number of nitrogens with zero attached hydrogens (tertiary/aromatic N) is 1. The van der Waals surface area contributed by atoms with E-state index in [-0.39, 0.29) is 17.1 Å². The van der Waals surface area contributed by atoms with Gasteiger partial charge in [0.1, 0.15) is 11.5 Å². The second kappa shape index (κ2) is 7.59. The molecular formula is C25H17ClN2O4. The van der Waals surface area contributed by atoms with Crippen molar-refractivity contribution in [3.8, 4) is 5.75 Å². The monoisotopic (exact) mass is 444 g/mol. The summed E-state index contributed by atoms with van der Waals surface area (Å²) in [7, 11) is 0. The maximum Gasteiger partial charge on any atom is 0.300 e. The van der Waals surface area contributed by atoms with Gasteiger partial charge in [-0.05, 0) is 42.0 Å². The first kappa shape index (κ1) is 19.9. The largest absolute Gasteiger partial charge is 0.508 e. The SMILES string of the molecule is O=C1C(=O)N(c2cccc(Cl)c2)C(c2cccc(O)c2)/C1=C(/O)c1c[nH]c2ccccc12. The number of aromatic nitrogens is 1. The lowest BCUT2D eigenvalue weighted by Crippen LogP contribution is -2.29. The number of fused-ring (bicyclic) bond motifs is 1. The number of hydrogen-bond donors (Lipinski definition) is 3. The van der Waals surface area contributed by atoms with E-state index in [0.717, 1.165) is 5.52 Å². The fourth-order valence-electron chi connectivity index (χ4n) is 4.15. The van der Waals surface area contributed by atoms with Crippen LogP contribution >= 0.6 is 11.6 Å². The lowest BCUT2D eigenvalue weighted by Gasteiger charge is -2.25. The Morgan fingerprint density at radius 3 is 2.53 bits per heavy atom. The van der Waals surface area contributed by atoms with E-state index in [2.05, 4.69) is 4.98 Å². The first-order chi connectivity index (χ1) is 15.5. The second-order valence-corrected chi connectivity index (χ2v) is 7.93. The van der Waals surface area contributed by atoms with Crippen LogP contribution in [0.3, 0.4) is 0 Å². The Bertz CT molecular complexity index is 1420. The van der Waals surface area contributed by atoms with E-state index in [1.54, 1.807) is 42.6 Å².